The number of hydrogen-bond acceptors (Lipinski definition) is 3. The Bertz CT molecular complexity index is 792. The summed E-state index contributed by atoms with van der Waals surface area (Å²) in [4.78, 5) is 10.9. The summed E-state index contributed by atoms with van der Waals surface area (Å²) in [5.74, 6) is 0.844. The van der Waals surface area contributed by atoms with Crippen LogP contribution >= 0.6 is 0 Å². The van der Waals surface area contributed by atoms with E-state index in [1.165, 1.54) is 37.3 Å². The Morgan fingerprint density at radius 3 is 2.03 bits per heavy atom. The number of ether oxygens (including phenoxy) is 2. The topological polar surface area (TPSA) is 35.5 Å². The molecule has 182 valence electrons. The van der Waals surface area contributed by atoms with Crippen LogP contribution in [0, 0.1) is 12.8 Å². The van der Waals surface area contributed by atoms with Gasteiger partial charge in [-0.2, -0.15) is 0 Å². The van der Waals surface area contributed by atoms with Crippen LogP contribution in [0.25, 0.3) is 0 Å². The number of rotatable bonds is 6. The van der Waals surface area contributed by atoms with Crippen LogP contribution < -0.4 is 0 Å². The maximum Gasteiger partial charge on any atom is 0.302 e. The molecule has 0 heterocycles. The minimum absolute atomic E-state index is 0.253. The van der Waals surface area contributed by atoms with Crippen LogP contribution in [0.4, 0.5) is 0 Å². The molecular weight excluding hydrogens is 408 g/mol. The highest BCUT2D eigenvalue weighted by molar-refractivity contribution is 5.65. The lowest BCUT2D eigenvalue weighted by atomic mass is 9.74. The van der Waals surface area contributed by atoms with Crippen LogP contribution in [0.5, 0.6) is 0 Å². The number of benzene rings is 2. The van der Waals surface area contributed by atoms with Crippen molar-refractivity contribution in [1.82, 2.24) is 0 Å². The molecule has 3 unspecified atom stereocenters. The van der Waals surface area contributed by atoms with E-state index in [1.54, 1.807) is 6.08 Å². The fourth-order valence-corrected chi connectivity index (χ4v) is 3.96. The van der Waals surface area contributed by atoms with E-state index in [1.807, 2.05) is 19.1 Å². The monoisotopic (exact) mass is 452 g/mol. The summed E-state index contributed by atoms with van der Waals surface area (Å²) in [6.07, 6.45) is 6.89. The minimum Gasteiger partial charge on any atom is -0.461 e. The molecule has 0 radical (unpaired) electrons. The van der Waals surface area contributed by atoms with E-state index in [0.29, 0.717) is 31.2 Å². The van der Waals surface area contributed by atoms with Gasteiger partial charge in [0, 0.05) is 6.92 Å². The summed E-state index contributed by atoms with van der Waals surface area (Å²) >= 11 is 0. The lowest BCUT2D eigenvalue weighted by molar-refractivity contribution is -0.142. The number of hydrogen-bond donors (Lipinski definition) is 0. The predicted octanol–water partition coefficient (Wildman–Crippen LogP) is 8.16. The van der Waals surface area contributed by atoms with E-state index in [9.17, 15) is 4.79 Å². The average Bonchev–Trinajstić information content (AvgIpc) is 2.79. The Morgan fingerprint density at radius 2 is 1.52 bits per heavy atom. The molecular formula is C30H44O3. The van der Waals surface area contributed by atoms with Crippen molar-refractivity contribution in [3.63, 3.8) is 0 Å². The number of aryl methyl sites for hydroxylation is 1. The van der Waals surface area contributed by atoms with Gasteiger partial charge in [0.15, 0.2) is 0 Å². The SMILES string of the molecule is C=CC.CC(=O)OCc1ccc(COC2CCCC(c3ccc(C)cc3)C2C)cc1.CCC. The summed E-state index contributed by atoms with van der Waals surface area (Å²) in [6.45, 7) is 16.4. The van der Waals surface area contributed by atoms with Gasteiger partial charge in [0.25, 0.3) is 0 Å². The molecule has 1 aliphatic rings. The molecule has 3 nitrogen and oxygen atoms in total. The van der Waals surface area contributed by atoms with Gasteiger partial charge >= 0.3 is 5.97 Å². The number of allylic oxidation sites excluding steroid dienone is 1. The van der Waals surface area contributed by atoms with Crippen LogP contribution in [0.3, 0.4) is 0 Å². The molecule has 1 saturated carbocycles. The molecule has 1 fully saturated rings. The molecule has 0 saturated heterocycles. The standard InChI is InChI=1S/C24H30O3.C3H8.C3H6/c1-17-7-13-22(14-8-17)23-5-4-6-24(18(23)2)27-16-21-11-9-20(10-12-21)15-26-19(3)25;2*1-3-2/h7-14,18,23-24H,4-6,15-16H2,1-3H3;3H2,1-2H3;3H,1H2,2H3. The molecule has 0 amide bonds. The molecule has 0 N–H and O–H groups in total. The first kappa shape index (κ1) is 28.6. The van der Waals surface area contributed by atoms with Crippen molar-refractivity contribution >= 4 is 5.97 Å². The van der Waals surface area contributed by atoms with Crippen LogP contribution in [-0.2, 0) is 27.5 Å². The maximum absolute atomic E-state index is 10.9. The van der Waals surface area contributed by atoms with E-state index < -0.39 is 0 Å². The second-order valence-corrected chi connectivity index (χ2v) is 8.87. The molecule has 3 rings (SSSR count). The van der Waals surface area contributed by atoms with Crippen LogP contribution in [-0.4, -0.2) is 12.1 Å². The van der Waals surface area contributed by atoms with Crippen LogP contribution in [0.15, 0.2) is 61.2 Å². The third-order valence-corrected chi connectivity index (χ3v) is 5.66. The Balaban J connectivity index is 0.000000819. The van der Waals surface area contributed by atoms with Crippen molar-refractivity contribution in [2.24, 2.45) is 5.92 Å². The largest absolute Gasteiger partial charge is 0.461 e. The van der Waals surface area contributed by atoms with E-state index in [4.69, 9.17) is 9.47 Å². The zero-order chi connectivity index (χ0) is 24.6. The second-order valence-electron chi connectivity index (χ2n) is 8.87. The lowest BCUT2D eigenvalue weighted by Crippen LogP contribution is -2.31. The van der Waals surface area contributed by atoms with Gasteiger partial charge in [0.1, 0.15) is 6.61 Å². The van der Waals surface area contributed by atoms with Crippen LogP contribution in [0.2, 0.25) is 0 Å². The Hall–Kier alpha value is -2.39. The number of carbonyl (C=O) groups is 1. The fraction of sp³-hybridized carbons (Fsp3) is 0.500. The van der Waals surface area contributed by atoms with Gasteiger partial charge in [0.2, 0.25) is 0 Å². The smallest absolute Gasteiger partial charge is 0.302 e. The maximum atomic E-state index is 10.9. The van der Waals surface area contributed by atoms with Crippen molar-refractivity contribution in [3.05, 3.63) is 83.4 Å². The van der Waals surface area contributed by atoms with Gasteiger partial charge in [-0.1, -0.05) is 93.8 Å². The summed E-state index contributed by atoms with van der Waals surface area (Å²) in [5.41, 5.74) is 4.91. The van der Waals surface area contributed by atoms with Gasteiger partial charge < -0.3 is 9.47 Å². The molecule has 0 spiro atoms. The first-order valence-corrected chi connectivity index (χ1v) is 12.3. The second kappa shape index (κ2) is 16.3. The molecule has 1 aliphatic carbocycles. The molecule has 2 aromatic carbocycles. The van der Waals surface area contributed by atoms with Crippen molar-refractivity contribution in [2.75, 3.05) is 0 Å². The van der Waals surface area contributed by atoms with Crippen LogP contribution in [0.1, 0.15) is 88.5 Å². The molecule has 3 heteroatoms. The summed E-state index contributed by atoms with van der Waals surface area (Å²) < 4.78 is 11.3. The van der Waals surface area contributed by atoms with Gasteiger partial charge in [-0.25, -0.2) is 0 Å². The zero-order valence-electron chi connectivity index (χ0n) is 21.6. The molecule has 3 atom stereocenters. The van der Waals surface area contributed by atoms with E-state index in [0.717, 1.165) is 17.5 Å². The van der Waals surface area contributed by atoms with Gasteiger partial charge in [-0.3, -0.25) is 4.79 Å². The highest BCUT2D eigenvalue weighted by Gasteiger charge is 2.31. The highest BCUT2D eigenvalue weighted by Crippen LogP contribution is 2.39. The molecule has 0 aromatic heterocycles. The van der Waals surface area contributed by atoms with Gasteiger partial charge in [-0.15, -0.1) is 6.58 Å². The number of carbonyl (C=O) groups excluding carboxylic acids is 1. The van der Waals surface area contributed by atoms with Crippen molar-refractivity contribution < 1.29 is 14.3 Å². The molecule has 0 bridgehead atoms. The normalized spacial score (nSPS) is 19.3. The first-order valence-electron chi connectivity index (χ1n) is 12.3. The van der Waals surface area contributed by atoms with Crippen molar-refractivity contribution in [2.45, 2.75) is 92.5 Å². The van der Waals surface area contributed by atoms with Gasteiger partial charge in [0.05, 0.1) is 12.7 Å². The third kappa shape index (κ3) is 10.9. The quantitative estimate of drug-likeness (QED) is 0.327. The van der Waals surface area contributed by atoms with E-state index in [2.05, 4.69) is 70.7 Å². The average molecular weight is 453 g/mol. The third-order valence-electron chi connectivity index (χ3n) is 5.66. The Kier molecular flexibility index (Phi) is 14.1. The summed E-state index contributed by atoms with van der Waals surface area (Å²) in [5, 5.41) is 0. The van der Waals surface area contributed by atoms with Gasteiger partial charge in [-0.05, 0) is 55.2 Å². The predicted molar refractivity (Wildman–Crippen MR) is 139 cm³/mol. The Labute approximate surface area is 202 Å². The number of esters is 1. The lowest BCUT2D eigenvalue weighted by Gasteiger charge is -2.36. The molecule has 0 aliphatic heterocycles. The molecule has 33 heavy (non-hydrogen) atoms. The van der Waals surface area contributed by atoms with Crippen molar-refractivity contribution in [1.29, 1.82) is 0 Å². The highest BCUT2D eigenvalue weighted by atomic mass is 16.5. The molecule has 2 aromatic rings. The minimum atomic E-state index is -0.253. The van der Waals surface area contributed by atoms with E-state index in [-0.39, 0.29) is 5.97 Å². The van der Waals surface area contributed by atoms with Crippen molar-refractivity contribution in [3.8, 4) is 0 Å². The summed E-state index contributed by atoms with van der Waals surface area (Å²) in [6, 6.07) is 17.1. The fourth-order valence-electron chi connectivity index (χ4n) is 3.96. The first-order chi connectivity index (χ1) is 15.9. The Morgan fingerprint density at radius 1 is 1.00 bits per heavy atom. The zero-order valence-corrected chi connectivity index (χ0v) is 21.6. The van der Waals surface area contributed by atoms with E-state index >= 15 is 0 Å². The summed E-state index contributed by atoms with van der Waals surface area (Å²) in [7, 11) is 0.